The molecule has 1 atom stereocenters. The maximum Gasteiger partial charge on any atom is 0.0346 e. The Balaban J connectivity index is 2.18. The summed E-state index contributed by atoms with van der Waals surface area (Å²) in [6.45, 7) is 0. The minimum Gasteiger partial charge on any atom is -0.324 e. The Kier molecular flexibility index (Phi) is 5.24. The molecule has 0 radical (unpaired) electrons. The maximum absolute atomic E-state index is 6.30. The van der Waals surface area contributed by atoms with Gasteiger partial charge in [-0.3, -0.25) is 0 Å². The summed E-state index contributed by atoms with van der Waals surface area (Å²) in [6.07, 6.45) is 0.847. The molecule has 0 amide bonds. The first kappa shape index (κ1) is 14.5. The van der Waals surface area contributed by atoms with Gasteiger partial charge in [-0.1, -0.05) is 44.0 Å². The first-order valence-electron chi connectivity index (χ1n) is 5.51. The van der Waals surface area contributed by atoms with Crippen LogP contribution in [0.1, 0.15) is 17.2 Å². The van der Waals surface area contributed by atoms with Gasteiger partial charge in [0.25, 0.3) is 0 Å². The van der Waals surface area contributed by atoms with Crippen molar-refractivity contribution in [3.05, 3.63) is 66.1 Å². The van der Waals surface area contributed by atoms with Crippen LogP contribution in [0.2, 0.25) is 0 Å². The predicted molar refractivity (Wildman–Crippen MR) is 91.6 cm³/mol. The number of halogens is 3. The molecular formula is C14H12Br2IN. The SMILES string of the molecule is NC(Cc1ccc(Br)cc1)c1cc(Br)ccc1I. The van der Waals surface area contributed by atoms with Crippen LogP contribution in [-0.2, 0) is 6.42 Å². The second kappa shape index (κ2) is 6.50. The Morgan fingerprint density at radius 1 is 1.00 bits per heavy atom. The molecule has 2 aromatic rings. The van der Waals surface area contributed by atoms with Gasteiger partial charge in [0.1, 0.15) is 0 Å². The van der Waals surface area contributed by atoms with E-state index in [0.29, 0.717) is 0 Å². The molecular weight excluding hydrogens is 469 g/mol. The lowest BCUT2D eigenvalue weighted by atomic mass is 10.00. The van der Waals surface area contributed by atoms with E-state index in [4.69, 9.17) is 5.73 Å². The third-order valence-electron chi connectivity index (χ3n) is 2.73. The van der Waals surface area contributed by atoms with Crippen molar-refractivity contribution in [2.24, 2.45) is 5.73 Å². The molecule has 0 saturated heterocycles. The first-order chi connectivity index (χ1) is 8.56. The Morgan fingerprint density at radius 3 is 2.28 bits per heavy atom. The molecule has 4 heteroatoms. The molecule has 0 aliphatic heterocycles. The molecule has 2 N–H and O–H groups in total. The Bertz CT molecular complexity index is 540. The van der Waals surface area contributed by atoms with Gasteiger partial charge in [-0.2, -0.15) is 0 Å². The smallest absolute Gasteiger partial charge is 0.0346 e. The predicted octanol–water partition coefficient (Wildman–Crippen LogP) is 5.06. The van der Waals surface area contributed by atoms with Crippen molar-refractivity contribution in [3.63, 3.8) is 0 Å². The van der Waals surface area contributed by atoms with E-state index in [1.165, 1.54) is 14.7 Å². The van der Waals surface area contributed by atoms with E-state index in [0.717, 1.165) is 15.4 Å². The Morgan fingerprint density at radius 2 is 1.61 bits per heavy atom. The number of rotatable bonds is 3. The molecule has 94 valence electrons. The van der Waals surface area contributed by atoms with Crippen LogP contribution in [0, 0.1) is 3.57 Å². The van der Waals surface area contributed by atoms with Crippen LogP contribution in [0.4, 0.5) is 0 Å². The van der Waals surface area contributed by atoms with Gasteiger partial charge in [0.05, 0.1) is 0 Å². The minimum absolute atomic E-state index is 0.0237. The third kappa shape index (κ3) is 3.79. The summed E-state index contributed by atoms with van der Waals surface area (Å²) >= 11 is 9.27. The number of hydrogen-bond donors (Lipinski definition) is 1. The lowest BCUT2D eigenvalue weighted by Crippen LogP contribution is -2.14. The average molecular weight is 481 g/mol. The molecule has 18 heavy (non-hydrogen) atoms. The van der Waals surface area contributed by atoms with Gasteiger partial charge >= 0.3 is 0 Å². The molecule has 0 aromatic heterocycles. The molecule has 0 saturated carbocycles. The molecule has 0 heterocycles. The van der Waals surface area contributed by atoms with Crippen LogP contribution >= 0.6 is 54.5 Å². The molecule has 0 aliphatic rings. The van der Waals surface area contributed by atoms with Crippen LogP contribution in [0.5, 0.6) is 0 Å². The second-order valence-corrected chi connectivity index (χ2v) is 7.10. The zero-order chi connectivity index (χ0) is 13.1. The molecule has 0 spiro atoms. The minimum atomic E-state index is 0.0237. The molecule has 2 aromatic carbocycles. The van der Waals surface area contributed by atoms with E-state index >= 15 is 0 Å². The lowest BCUT2D eigenvalue weighted by molar-refractivity contribution is 0.717. The summed E-state index contributed by atoms with van der Waals surface area (Å²) in [6, 6.07) is 14.6. The van der Waals surface area contributed by atoms with Crippen LogP contribution in [0.15, 0.2) is 51.4 Å². The van der Waals surface area contributed by atoms with Gasteiger partial charge < -0.3 is 5.73 Å². The molecule has 0 aliphatic carbocycles. The van der Waals surface area contributed by atoms with Crippen LogP contribution in [0.3, 0.4) is 0 Å². The maximum atomic E-state index is 6.30. The highest BCUT2D eigenvalue weighted by molar-refractivity contribution is 14.1. The molecule has 0 bridgehead atoms. The molecule has 1 unspecified atom stereocenters. The summed E-state index contributed by atoms with van der Waals surface area (Å²) in [7, 11) is 0. The number of hydrogen-bond acceptors (Lipinski definition) is 1. The van der Waals surface area contributed by atoms with Gasteiger partial charge in [-0.05, 0) is 70.5 Å². The van der Waals surface area contributed by atoms with E-state index < -0.39 is 0 Å². The van der Waals surface area contributed by atoms with Crippen molar-refractivity contribution in [3.8, 4) is 0 Å². The van der Waals surface area contributed by atoms with Gasteiger partial charge in [-0.25, -0.2) is 0 Å². The quantitative estimate of drug-likeness (QED) is 0.611. The van der Waals surface area contributed by atoms with Crippen molar-refractivity contribution < 1.29 is 0 Å². The summed E-state index contributed by atoms with van der Waals surface area (Å²) in [5.74, 6) is 0. The van der Waals surface area contributed by atoms with Gasteiger partial charge in [0.15, 0.2) is 0 Å². The average Bonchev–Trinajstić information content (AvgIpc) is 2.35. The zero-order valence-corrected chi connectivity index (χ0v) is 14.9. The molecule has 2 rings (SSSR count). The Hall–Kier alpha value is 0.0900. The molecule has 1 nitrogen and oxygen atoms in total. The fourth-order valence-electron chi connectivity index (χ4n) is 1.78. The fourth-order valence-corrected chi connectivity index (χ4v) is 3.16. The zero-order valence-electron chi connectivity index (χ0n) is 9.54. The largest absolute Gasteiger partial charge is 0.324 e. The Labute approximate surface area is 138 Å². The van der Waals surface area contributed by atoms with Crippen LogP contribution in [0.25, 0.3) is 0 Å². The summed E-state index contributed by atoms with van der Waals surface area (Å²) in [5.41, 5.74) is 8.74. The van der Waals surface area contributed by atoms with Crippen molar-refractivity contribution >= 4 is 54.5 Å². The van der Waals surface area contributed by atoms with Crippen LogP contribution in [-0.4, -0.2) is 0 Å². The van der Waals surface area contributed by atoms with Crippen LogP contribution < -0.4 is 5.73 Å². The first-order valence-corrected chi connectivity index (χ1v) is 8.17. The van der Waals surface area contributed by atoms with Crippen molar-refractivity contribution in [1.29, 1.82) is 0 Å². The van der Waals surface area contributed by atoms with Gasteiger partial charge in [0.2, 0.25) is 0 Å². The van der Waals surface area contributed by atoms with E-state index in [1.807, 2.05) is 18.2 Å². The highest BCUT2D eigenvalue weighted by atomic mass is 127. The van der Waals surface area contributed by atoms with E-state index in [9.17, 15) is 0 Å². The van der Waals surface area contributed by atoms with Crippen molar-refractivity contribution in [2.75, 3.05) is 0 Å². The molecule has 0 fully saturated rings. The summed E-state index contributed by atoms with van der Waals surface area (Å²) < 4.78 is 3.38. The monoisotopic (exact) mass is 479 g/mol. The normalized spacial score (nSPS) is 12.4. The van der Waals surface area contributed by atoms with Crippen molar-refractivity contribution in [1.82, 2.24) is 0 Å². The highest BCUT2D eigenvalue weighted by Gasteiger charge is 2.11. The fraction of sp³-hybridized carbons (Fsp3) is 0.143. The summed E-state index contributed by atoms with van der Waals surface area (Å²) in [5, 5.41) is 0. The van der Waals surface area contributed by atoms with E-state index in [2.05, 4.69) is 78.7 Å². The lowest BCUT2D eigenvalue weighted by Gasteiger charge is -2.14. The van der Waals surface area contributed by atoms with Gasteiger partial charge in [0, 0.05) is 18.6 Å². The third-order valence-corrected chi connectivity index (χ3v) is 4.73. The number of nitrogens with two attached hydrogens (primary N) is 1. The van der Waals surface area contributed by atoms with Crippen molar-refractivity contribution in [2.45, 2.75) is 12.5 Å². The topological polar surface area (TPSA) is 26.0 Å². The van der Waals surface area contributed by atoms with E-state index in [1.54, 1.807) is 0 Å². The van der Waals surface area contributed by atoms with Gasteiger partial charge in [-0.15, -0.1) is 0 Å². The standard InChI is InChI=1S/C14H12Br2IN/c15-10-3-1-9(2-4-10)7-14(18)12-8-11(16)5-6-13(12)17/h1-6,8,14H,7,18H2. The highest BCUT2D eigenvalue weighted by Crippen LogP contribution is 2.25. The second-order valence-electron chi connectivity index (χ2n) is 4.10. The summed E-state index contributed by atoms with van der Waals surface area (Å²) in [4.78, 5) is 0. The van der Waals surface area contributed by atoms with E-state index in [-0.39, 0.29) is 6.04 Å². The number of benzene rings is 2.